The van der Waals surface area contributed by atoms with Crippen molar-refractivity contribution in [2.75, 3.05) is 10.9 Å². The monoisotopic (exact) mass is 638 g/mol. The van der Waals surface area contributed by atoms with Gasteiger partial charge in [0.1, 0.15) is 31.3 Å². The van der Waals surface area contributed by atoms with Crippen molar-refractivity contribution in [2.24, 2.45) is 10.2 Å². The molecule has 5 rings (SSSR count). The Morgan fingerprint density at radius 1 is 0.674 bits per heavy atom. The summed E-state index contributed by atoms with van der Waals surface area (Å²) in [5, 5.41) is 18.6. The van der Waals surface area contributed by atoms with Gasteiger partial charge >= 0.3 is 59.1 Å². The van der Waals surface area contributed by atoms with Crippen LogP contribution >= 0.6 is 0 Å². The molecule has 0 radical (unpaired) electrons. The molecule has 17 heteroatoms. The molecule has 0 aliphatic rings. The Balaban J connectivity index is 0.00000253. The predicted octanol–water partition coefficient (Wildman–Crippen LogP) is -5.03. The first-order valence-corrected chi connectivity index (χ1v) is 14.3. The molecule has 13 nitrogen and oxygen atoms in total. The van der Waals surface area contributed by atoms with E-state index in [0.717, 1.165) is 41.1 Å². The van der Waals surface area contributed by atoms with Gasteiger partial charge < -0.3 is 14.2 Å². The number of hydrogen-bond acceptors (Lipinski definition) is 13. The molecule has 3 N–H and O–H groups in total. The van der Waals surface area contributed by atoms with E-state index in [4.69, 9.17) is 0 Å². The average Bonchev–Trinajstić information content (AvgIpc) is 2.91. The maximum Gasteiger partial charge on any atom is 1.00 e. The zero-order valence-electron chi connectivity index (χ0n) is 22.4. The molecule has 0 unspecified atom stereocenters. The van der Waals surface area contributed by atoms with E-state index in [-0.39, 0.29) is 80.9 Å². The normalized spacial score (nSPS) is 12.5. The molecule has 0 atom stereocenters. The van der Waals surface area contributed by atoms with Crippen molar-refractivity contribution in [1.29, 1.82) is 0 Å². The number of aromatic hydroxyl groups is 1. The summed E-state index contributed by atoms with van der Waals surface area (Å²) in [7, 11) is -10.2. The van der Waals surface area contributed by atoms with Gasteiger partial charge in [0.15, 0.2) is 5.36 Å². The van der Waals surface area contributed by atoms with E-state index < -0.39 is 52.0 Å². The molecule has 0 bridgehead atoms. The van der Waals surface area contributed by atoms with Crippen LogP contribution in [0.3, 0.4) is 0 Å². The minimum absolute atomic E-state index is 0. The zero-order valence-corrected chi connectivity index (χ0v) is 28.1. The van der Waals surface area contributed by atoms with Crippen LogP contribution in [0.2, 0.25) is 0 Å². The number of anilines is 2. The maximum atomic E-state index is 13.0. The van der Waals surface area contributed by atoms with E-state index in [1.807, 2.05) is 30.3 Å². The third-order valence-electron chi connectivity index (χ3n) is 6.00. The fraction of sp³-hybridized carbons (Fsp3) is 0. The van der Waals surface area contributed by atoms with Gasteiger partial charge in [-0.1, -0.05) is 36.4 Å². The van der Waals surface area contributed by atoms with Gasteiger partial charge in [-0.2, -0.15) is 10.2 Å². The van der Waals surface area contributed by atoms with Crippen LogP contribution < -0.4 is 91.5 Å². The number of rotatable bonds is 6. The van der Waals surface area contributed by atoms with Gasteiger partial charge in [-0.15, -0.1) is 0 Å². The standard InChI is InChI=1S/C26H18N4O9S2.2Na/c31-22-9-8-20(26(33)25(22)30-27-19-7-3-5-14-4-1-2-6-18(14)19)28-29-21-12-16(40(34,35)36)10-15-11-17(41(37,38)39)13-23(32)24(15)21;;/h1-13,27,29,32H,(H,34,35,36)(H,37,38,39);;/q;2*+1/p-2/b28-20-,30-25-;;. The van der Waals surface area contributed by atoms with Gasteiger partial charge in [-0.05, 0) is 53.2 Å². The second kappa shape index (κ2) is 13.4. The van der Waals surface area contributed by atoms with Crippen molar-refractivity contribution >= 4 is 53.2 Å². The van der Waals surface area contributed by atoms with Gasteiger partial charge in [0, 0.05) is 10.8 Å². The Hall–Kier alpha value is -2.96. The molecule has 5 aromatic rings. The van der Waals surface area contributed by atoms with Crippen molar-refractivity contribution in [3.63, 3.8) is 0 Å². The van der Waals surface area contributed by atoms with Crippen LogP contribution in [-0.2, 0) is 20.2 Å². The van der Waals surface area contributed by atoms with E-state index in [9.17, 15) is 40.6 Å². The quantitative estimate of drug-likeness (QED) is 0.0909. The Morgan fingerprint density at radius 2 is 1.28 bits per heavy atom. The van der Waals surface area contributed by atoms with Crippen molar-refractivity contribution in [1.82, 2.24) is 0 Å². The molecule has 0 fully saturated rings. The summed E-state index contributed by atoms with van der Waals surface area (Å²) in [6.07, 6.45) is 0. The summed E-state index contributed by atoms with van der Waals surface area (Å²) in [6.45, 7) is 0. The summed E-state index contributed by atoms with van der Waals surface area (Å²) < 4.78 is 69.5. The van der Waals surface area contributed by atoms with E-state index in [0.29, 0.717) is 11.8 Å². The van der Waals surface area contributed by atoms with E-state index in [1.165, 1.54) is 0 Å². The third-order valence-corrected chi connectivity index (χ3v) is 7.63. The number of benzene rings is 5. The predicted molar refractivity (Wildman–Crippen MR) is 145 cm³/mol. The molecular weight excluding hydrogens is 622 g/mol. The van der Waals surface area contributed by atoms with E-state index in [2.05, 4.69) is 21.1 Å². The molecule has 0 saturated heterocycles. The molecule has 0 spiro atoms. The van der Waals surface area contributed by atoms with E-state index in [1.54, 1.807) is 12.1 Å². The van der Waals surface area contributed by atoms with Gasteiger partial charge in [-0.25, -0.2) is 16.8 Å². The first kappa shape index (κ1) is 34.5. The first-order valence-electron chi connectivity index (χ1n) is 11.5. The van der Waals surface area contributed by atoms with E-state index >= 15 is 0 Å². The van der Waals surface area contributed by atoms with Crippen LogP contribution in [0.1, 0.15) is 0 Å². The molecule has 43 heavy (non-hydrogen) atoms. The minimum Gasteiger partial charge on any atom is -0.744 e. The number of phenolic OH excluding ortho intramolecular Hbond substituents is 1. The van der Waals surface area contributed by atoms with Gasteiger partial charge in [0.2, 0.25) is 10.9 Å². The van der Waals surface area contributed by atoms with Gasteiger partial charge in [0.25, 0.3) is 0 Å². The number of nitrogens with one attached hydrogen (secondary N) is 2. The summed E-state index contributed by atoms with van der Waals surface area (Å²) >= 11 is 0. The maximum absolute atomic E-state index is 13.0. The van der Waals surface area contributed by atoms with Gasteiger partial charge in [-0.3, -0.25) is 20.4 Å². The Morgan fingerprint density at radius 3 is 1.95 bits per heavy atom. The summed E-state index contributed by atoms with van der Waals surface area (Å²) in [4.78, 5) is 23.8. The summed E-state index contributed by atoms with van der Waals surface area (Å²) in [6, 6.07) is 17.8. The van der Waals surface area contributed by atoms with Crippen molar-refractivity contribution in [3.8, 4) is 5.75 Å². The molecular formula is C26H16N4Na2O9S2. The Bertz CT molecular complexity index is 2330. The van der Waals surface area contributed by atoms with Crippen LogP contribution in [0, 0.1) is 0 Å². The van der Waals surface area contributed by atoms with Crippen LogP contribution in [0.4, 0.5) is 11.4 Å². The first-order chi connectivity index (χ1) is 19.3. The molecule has 0 aliphatic carbocycles. The second-order valence-electron chi connectivity index (χ2n) is 8.65. The number of nitrogens with zero attached hydrogens (tertiary/aromatic N) is 2. The van der Waals surface area contributed by atoms with Crippen molar-refractivity contribution in [3.05, 3.63) is 110 Å². The number of hydrogen-bond donors (Lipinski definition) is 3. The largest absolute Gasteiger partial charge is 1.00 e. The van der Waals surface area contributed by atoms with Crippen molar-refractivity contribution < 1.29 is 90.2 Å². The Kier molecular flexibility index (Phi) is 10.7. The molecule has 5 aromatic carbocycles. The number of fused-ring (bicyclic) bond motifs is 2. The smallest absolute Gasteiger partial charge is 0.744 e. The minimum atomic E-state index is -5.10. The van der Waals surface area contributed by atoms with Gasteiger partial charge in [0.05, 0.1) is 21.2 Å². The van der Waals surface area contributed by atoms with Crippen LogP contribution in [-0.4, -0.2) is 31.0 Å². The zero-order chi connectivity index (χ0) is 29.5. The molecule has 0 aromatic heterocycles. The fourth-order valence-electron chi connectivity index (χ4n) is 4.11. The van der Waals surface area contributed by atoms with Crippen LogP contribution in [0.25, 0.3) is 21.5 Å². The van der Waals surface area contributed by atoms with Crippen LogP contribution in [0.15, 0.2) is 108 Å². The topological polar surface area (TPSA) is 218 Å². The summed E-state index contributed by atoms with van der Waals surface area (Å²) in [5.74, 6) is -0.753. The fourth-order valence-corrected chi connectivity index (χ4v) is 5.17. The average molecular weight is 639 g/mol. The van der Waals surface area contributed by atoms with Crippen LogP contribution in [0.5, 0.6) is 5.75 Å². The van der Waals surface area contributed by atoms with Crippen molar-refractivity contribution in [2.45, 2.75) is 9.79 Å². The Labute approximate surface area is 287 Å². The molecule has 0 saturated carbocycles. The number of phenols is 1. The second-order valence-corrected chi connectivity index (χ2v) is 11.4. The molecule has 0 heterocycles. The SMILES string of the molecule is O=c1cc/c(=N/Nc2cc(S(=O)(=O)[O-])cc3cc(S(=O)(=O)[O-])cc(O)c23)c(=O)/c1=N\Nc1cccc2ccccc12.[Na+].[Na+]. The molecule has 208 valence electrons. The summed E-state index contributed by atoms with van der Waals surface area (Å²) in [5.41, 5.74) is 3.68. The molecule has 0 amide bonds. The molecule has 0 aliphatic heterocycles. The third kappa shape index (κ3) is 7.41.